The van der Waals surface area contributed by atoms with Gasteiger partial charge in [0.05, 0.1) is 22.7 Å². The molecule has 0 saturated carbocycles. The molecule has 202 valence electrons. The van der Waals surface area contributed by atoms with Crippen LogP contribution in [-0.2, 0) is 15.8 Å². The van der Waals surface area contributed by atoms with Gasteiger partial charge in [0.15, 0.2) is 5.82 Å². The third-order valence-electron chi connectivity index (χ3n) is 6.27. The summed E-state index contributed by atoms with van der Waals surface area (Å²) in [4.78, 5) is 13.3. The Morgan fingerprint density at radius 1 is 1.08 bits per heavy atom. The number of benzene rings is 2. The van der Waals surface area contributed by atoms with Gasteiger partial charge in [-0.25, -0.2) is 27.8 Å². The SMILES string of the molecule is Cc1cc(NS(=O)(=O)Cc2ccccc2)c(F)cc1Oc1ncccc1-c1ccnc(N[C@H]2CCCNC2)n1. The minimum absolute atomic E-state index is 0.152. The number of rotatable bonds is 9. The van der Waals surface area contributed by atoms with Crippen LogP contribution in [0.1, 0.15) is 24.0 Å². The predicted molar refractivity (Wildman–Crippen MR) is 149 cm³/mol. The monoisotopic (exact) mass is 548 g/mol. The summed E-state index contributed by atoms with van der Waals surface area (Å²) in [5, 5.41) is 6.72. The van der Waals surface area contributed by atoms with Crippen molar-refractivity contribution >= 4 is 21.7 Å². The summed E-state index contributed by atoms with van der Waals surface area (Å²) in [6.45, 7) is 3.56. The molecule has 11 heteroatoms. The third-order valence-corrected chi connectivity index (χ3v) is 7.51. The zero-order valence-corrected chi connectivity index (χ0v) is 22.2. The molecule has 1 fully saturated rings. The van der Waals surface area contributed by atoms with Crippen molar-refractivity contribution in [1.82, 2.24) is 20.3 Å². The number of aryl methyl sites for hydroxylation is 1. The highest BCUT2D eigenvalue weighted by molar-refractivity contribution is 7.91. The fourth-order valence-corrected chi connectivity index (χ4v) is 5.55. The Kier molecular flexibility index (Phi) is 7.99. The second kappa shape index (κ2) is 11.7. The van der Waals surface area contributed by atoms with E-state index < -0.39 is 15.8 Å². The second-order valence-corrected chi connectivity index (χ2v) is 11.1. The van der Waals surface area contributed by atoms with Crippen LogP contribution in [0.5, 0.6) is 11.6 Å². The Balaban J connectivity index is 1.35. The van der Waals surface area contributed by atoms with Crippen molar-refractivity contribution in [1.29, 1.82) is 0 Å². The lowest BCUT2D eigenvalue weighted by Crippen LogP contribution is -2.38. The topological polar surface area (TPSA) is 118 Å². The van der Waals surface area contributed by atoms with Crippen molar-refractivity contribution in [2.24, 2.45) is 0 Å². The van der Waals surface area contributed by atoms with Crippen LogP contribution in [0, 0.1) is 12.7 Å². The minimum atomic E-state index is -3.82. The van der Waals surface area contributed by atoms with Crippen molar-refractivity contribution in [2.45, 2.75) is 31.6 Å². The van der Waals surface area contributed by atoms with Gasteiger partial charge in [-0.2, -0.15) is 0 Å². The number of pyridine rings is 1. The average Bonchev–Trinajstić information content (AvgIpc) is 2.93. The van der Waals surface area contributed by atoms with Crippen LogP contribution < -0.4 is 20.1 Å². The first-order chi connectivity index (χ1) is 18.9. The van der Waals surface area contributed by atoms with Crippen LogP contribution in [-0.4, -0.2) is 42.5 Å². The lowest BCUT2D eigenvalue weighted by atomic mass is 10.1. The van der Waals surface area contributed by atoms with Gasteiger partial charge in [-0.3, -0.25) is 4.72 Å². The fourth-order valence-electron chi connectivity index (χ4n) is 4.36. The highest BCUT2D eigenvalue weighted by Gasteiger charge is 2.19. The molecule has 1 saturated heterocycles. The summed E-state index contributed by atoms with van der Waals surface area (Å²) in [6, 6.07) is 16.8. The number of nitrogens with one attached hydrogen (secondary N) is 3. The molecule has 1 aliphatic heterocycles. The molecule has 1 atom stereocenters. The molecule has 0 spiro atoms. The highest BCUT2D eigenvalue weighted by atomic mass is 32.2. The number of aromatic nitrogens is 3. The van der Waals surface area contributed by atoms with E-state index in [2.05, 4.69) is 30.3 Å². The van der Waals surface area contributed by atoms with E-state index in [-0.39, 0.29) is 29.1 Å². The number of hydrogen-bond acceptors (Lipinski definition) is 8. The van der Waals surface area contributed by atoms with Gasteiger partial charge in [-0.1, -0.05) is 30.3 Å². The van der Waals surface area contributed by atoms with Crippen LogP contribution in [0.15, 0.2) is 73.1 Å². The van der Waals surface area contributed by atoms with Gasteiger partial charge in [-0.15, -0.1) is 0 Å². The zero-order chi connectivity index (χ0) is 27.2. The highest BCUT2D eigenvalue weighted by Crippen LogP contribution is 2.34. The van der Waals surface area contributed by atoms with Crippen molar-refractivity contribution in [3.8, 4) is 22.9 Å². The van der Waals surface area contributed by atoms with Gasteiger partial charge in [0, 0.05) is 31.0 Å². The number of halogens is 1. The first-order valence-electron chi connectivity index (χ1n) is 12.6. The van der Waals surface area contributed by atoms with Gasteiger partial charge in [0.1, 0.15) is 5.75 Å². The van der Waals surface area contributed by atoms with Crippen molar-refractivity contribution in [3.63, 3.8) is 0 Å². The number of anilines is 2. The summed E-state index contributed by atoms with van der Waals surface area (Å²) in [6.07, 6.45) is 5.36. The maximum Gasteiger partial charge on any atom is 0.237 e. The molecule has 4 aromatic rings. The van der Waals surface area contributed by atoms with Crippen LogP contribution in [0.4, 0.5) is 16.0 Å². The molecule has 2 aromatic heterocycles. The van der Waals surface area contributed by atoms with Gasteiger partial charge in [0.25, 0.3) is 0 Å². The third kappa shape index (κ3) is 6.87. The van der Waals surface area contributed by atoms with Crippen molar-refractivity contribution in [2.75, 3.05) is 23.1 Å². The maximum atomic E-state index is 15.0. The first kappa shape index (κ1) is 26.5. The van der Waals surface area contributed by atoms with E-state index in [0.717, 1.165) is 32.0 Å². The van der Waals surface area contributed by atoms with Gasteiger partial charge >= 0.3 is 0 Å². The number of hydrogen-bond donors (Lipinski definition) is 3. The number of nitrogens with zero attached hydrogens (tertiary/aromatic N) is 3. The largest absolute Gasteiger partial charge is 0.438 e. The fraction of sp³-hybridized carbons (Fsp3) is 0.250. The molecule has 3 N–H and O–H groups in total. The smallest absolute Gasteiger partial charge is 0.237 e. The Morgan fingerprint density at radius 2 is 1.92 bits per heavy atom. The van der Waals surface area contributed by atoms with Crippen molar-refractivity contribution < 1.29 is 17.5 Å². The van der Waals surface area contributed by atoms with Crippen LogP contribution in [0.25, 0.3) is 11.3 Å². The molecule has 5 rings (SSSR count). The summed E-state index contributed by atoms with van der Waals surface area (Å²) >= 11 is 0. The summed E-state index contributed by atoms with van der Waals surface area (Å²) in [5.41, 5.74) is 2.18. The van der Waals surface area contributed by atoms with E-state index in [1.165, 1.54) is 6.07 Å². The molecule has 0 amide bonds. The first-order valence-corrected chi connectivity index (χ1v) is 14.3. The molecule has 39 heavy (non-hydrogen) atoms. The molecular formula is C28H29FN6O3S. The number of sulfonamides is 1. The molecule has 0 bridgehead atoms. The Morgan fingerprint density at radius 3 is 2.72 bits per heavy atom. The van der Waals surface area contributed by atoms with Gasteiger partial charge in [-0.05, 0) is 61.7 Å². The lowest BCUT2D eigenvalue weighted by molar-refractivity contribution is 0.456. The van der Waals surface area contributed by atoms with E-state index in [4.69, 9.17) is 4.74 Å². The zero-order valence-electron chi connectivity index (χ0n) is 21.4. The van der Waals surface area contributed by atoms with Crippen LogP contribution in [0.2, 0.25) is 0 Å². The normalized spacial score (nSPS) is 15.5. The molecular weight excluding hydrogens is 519 g/mol. The summed E-state index contributed by atoms with van der Waals surface area (Å²) in [7, 11) is -3.82. The van der Waals surface area contributed by atoms with E-state index >= 15 is 4.39 Å². The van der Waals surface area contributed by atoms with Gasteiger partial charge in [0.2, 0.25) is 21.9 Å². The molecule has 2 aromatic carbocycles. The number of piperidine rings is 1. The Hall–Kier alpha value is -4.09. The van der Waals surface area contributed by atoms with Gasteiger partial charge < -0.3 is 15.4 Å². The second-order valence-electron chi connectivity index (χ2n) is 9.36. The standard InChI is InChI=1S/C28H29FN6O3S/c1-19-15-25(35-39(36,37)18-20-7-3-2-4-8-20)23(29)16-26(19)38-27-22(10-6-13-31-27)24-11-14-32-28(34-24)33-21-9-5-12-30-17-21/h2-4,6-8,10-11,13-16,21,30,35H,5,9,12,17-18H2,1H3,(H,32,33,34)/t21-/m0/s1. The molecule has 0 unspecified atom stereocenters. The average molecular weight is 549 g/mol. The Labute approximate surface area is 226 Å². The maximum absolute atomic E-state index is 15.0. The van der Waals surface area contributed by atoms with E-state index in [0.29, 0.717) is 28.3 Å². The molecule has 0 aliphatic carbocycles. The minimum Gasteiger partial charge on any atom is -0.438 e. The van der Waals surface area contributed by atoms with Crippen LogP contribution >= 0.6 is 0 Å². The summed E-state index contributed by atoms with van der Waals surface area (Å²) in [5.74, 6) is -0.0835. The van der Waals surface area contributed by atoms with E-state index in [1.807, 2.05) is 6.07 Å². The molecule has 1 aliphatic rings. The van der Waals surface area contributed by atoms with Crippen LogP contribution in [0.3, 0.4) is 0 Å². The molecule has 3 heterocycles. The molecule has 9 nitrogen and oxygen atoms in total. The number of ether oxygens (including phenoxy) is 1. The quantitative estimate of drug-likeness (QED) is 0.271. The summed E-state index contributed by atoms with van der Waals surface area (Å²) < 4.78 is 48.7. The molecule has 0 radical (unpaired) electrons. The van der Waals surface area contributed by atoms with E-state index in [9.17, 15) is 8.42 Å². The Bertz CT molecular complexity index is 1550. The predicted octanol–water partition coefficient (Wildman–Crippen LogP) is 4.88. The lowest BCUT2D eigenvalue weighted by Gasteiger charge is -2.23. The van der Waals surface area contributed by atoms with E-state index in [1.54, 1.807) is 61.8 Å². The van der Waals surface area contributed by atoms with Crippen molar-refractivity contribution in [3.05, 3.63) is 90.0 Å².